The number of benzene rings is 3. The molecular formula is C18H13N3. The molecule has 3 nitrogen and oxygen atoms in total. The molecule has 0 saturated heterocycles. The first-order valence-corrected chi connectivity index (χ1v) is 6.87. The Morgan fingerprint density at radius 1 is 0.714 bits per heavy atom. The van der Waals surface area contributed by atoms with Gasteiger partial charge in [0.2, 0.25) is 0 Å². The van der Waals surface area contributed by atoms with Crippen LogP contribution in [0.2, 0.25) is 0 Å². The molecule has 0 unspecified atom stereocenters. The SMILES string of the molecule is c1ccc(-c2ncn(-c3cccc4ccccc34)n2)cc1. The van der Waals surface area contributed by atoms with E-state index in [-0.39, 0.29) is 0 Å². The van der Waals surface area contributed by atoms with E-state index in [0.29, 0.717) is 0 Å². The standard InChI is InChI=1S/C18H13N3/c1-2-8-15(9-3-1)18-19-13-21(20-18)17-12-6-10-14-7-4-5-11-16(14)17/h1-13H. The number of nitrogens with zero attached hydrogens (tertiary/aromatic N) is 3. The van der Waals surface area contributed by atoms with Crippen LogP contribution in [0, 0.1) is 0 Å². The van der Waals surface area contributed by atoms with E-state index in [4.69, 9.17) is 0 Å². The van der Waals surface area contributed by atoms with Gasteiger partial charge < -0.3 is 0 Å². The fourth-order valence-electron chi connectivity index (χ4n) is 2.51. The second-order valence-electron chi connectivity index (χ2n) is 4.88. The van der Waals surface area contributed by atoms with Crippen molar-refractivity contribution in [2.24, 2.45) is 0 Å². The normalized spacial score (nSPS) is 10.9. The van der Waals surface area contributed by atoms with E-state index < -0.39 is 0 Å². The minimum atomic E-state index is 0.739. The summed E-state index contributed by atoms with van der Waals surface area (Å²) in [5.74, 6) is 0.739. The molecule has 4 aromatic rings. The van der Waals surface area contributed by atoms with E-state index in [2.05, 4.69) is 34.3 Å². The van der Waals surface area contributed by atoms with Crippen LogP contribution in [0.1, 0.15) is 0 Å². The van der Waals surface area contributed by atoms with E-state index in [0.717, 1.165) is 17.1 Å². The Morgan fingerprint density at radius 2 is 1.48 bits per heavy atom. The number of hydrogen-bond acceptors (Lipinski definition) is 2. The Balaban J connectivity index is 1.85. The fraction of sp³-hybridized carbons (Fsp3) is 0. The van der Waals surface area contributed by atoms with Gasteiger partial charge in [-0.15, -0.1) is 5.10 Å². The summed E-state index contributed by atoms with van der Waals surface area (Å²) in [7, 11) is 0. The number of rotatable bonds is 2. The first-order valence-electron chi connectivity index (χ1n) is 6.87. The zero-order valence-corrected chi connectivity index (χ0v) is 11.3. The average molecular weight is 271 g/mol. The lowest BCUT2D eigenvalue weighted by atomic mass is 10.1. The summed E-state index contributed by atoms with van der Waals surface area (Å²) < 4.78 is 1.84. The van der Waals surface area contributed by atoms with Gasteiger partial charge in [-0.05, 0) is 11.5 Å². The molecule has 0 aliphatic carbocycles. The molecule has 3 heteroatoms. The monoisotopic (exact) mass is 271 g/mol. The zero-order chi connectivity index (χ0) is 14.1. The maximum Gasteiger partial charge on any atom is 0.181 e. The fourth-order valence-corrected chi connectivity index (χ4v) is 2.51. The van der Waals surface area contributed by atoms with Crippen LogP contribution in [0.5, 0.6) is 0 Å². The summed E-state index contributed by atoms with van der Waals surface area (Å²) in [6.45, 7) is 0. The smallest absolute Gasteiger partial charge is 0.181 e. The molecule has 0 saturated carbocycles. The van der Waals surface area contributed by atoms with Crippen molar-refractivity contribution in [2.75, 3.05) is 0 Å². The molecule has 0 radical (unpaired) electrons. The van der Waals surface area contributed by atoms with E-state index in [9.17, 15) is 0 Å². The van der Waals surface area contributed by atoms with Crippen LogP contribution >= 0.6 is 0 Å². The predicted molar refractivity (Wildman–Crippen MR) is 84.3 cm³/mol. The highest BCUT2D eigenvalue weighted by atomic mass is 15.3. The highest BCUT2D eigenvalue weighted by Gasteiger charge is 2.07. The van der Waals surface area contributed by atoms with Crippen LogP contribution in [-0.2, 0) is 0 Å². The van der Waals surface area contributed by atoms with Crippen molar-refractivity contribution >= 4 is 10.8 Å². The zero-order valence-electron chi connectivity index (χ0n) is 11.3. The molecule has 0 bridgehead atoms. The first kappa shape index (κ1) is 11.9. The van der Waals surface area contributed by atoms with Crippen molar-refractivity contribution in [3.63, 3.8) is 0 Å². The molecule has 3 aromatic carbocycles. The average Bonchev–Trinajstić information content (AvgIpc) is 3.05. The van der Waals surface area contributed by atoms with E-state index in [1.165, 1.54) is 10.8 Å². The summed E-state index contributed by atoms with van der Waals surface area (Å²) in [4.78, 5) is 4.42. The number of hydrogen-bond donors (Lipinski definition) is 0. The van der Waals surface area contributed by atoms with Gasteiger partial charge in [-0.1, -0.05) is 66.7 Å². The highest BCUT2D eigenvalue weighted by molar-refractivity contribution is 5.89. The Kier molecular flexibility index (Phi) is 2.75. The highest BCUT2D eigenvalue weighted by Crippen LogP contribution is 2.22. The van der Waals surface area contributed by atoms with Crippen molar-refractivity contribution in [1.29, 1.82) is 0 Å². The minimum absolute atomic E-state index is 0.739. The first-order chi connectivity index (χ1) is 10.4. The third-order valence-corrected chi connectivity index (χ3v) is 3.54. The molecule has 4 rings (SSSR count). The van der Waals surface area contributed by atoms with Gasteiger partial charge >= 0.3 is 0 Å². The molecular weight excluding hydrogens is 258 g/mol. The summed E-state index contributed by atoms with van der Waals surface area (Å²) in [6.07, 6.45) is 1.77. The lowest BCUT2D eigenvalue weighted by Crippen LogP contribution is -1.96. The molecule has 0 aliphatic heterocycles. The van der Waals surface area contributed by atoms with Crippen LogP contribution in [0.15, 0.2) is 79.1 Å². The Morgan fingerprint density at radius 3 is 2.38 bits per heavy atom. The summed E-state index contributed by atoms with van der Waals surface area (Å²) in [5, 5.41) is 6.98. The van der Waals surface area contributed by atoms with Crippen LogP contribution in [0.25, 0.3) is 27.8 Å². The van der Waals surface area contributed by atoms with Crippen LogP contribution in [-0.4, -0.2) is 14.8 Å². The topological polar surface area (TPSA) is 30.7 Å². The van der Waals surface area contributed by atoms with E-state index in [1.807, 2.05) is 53.2 Å². The van der Waals surface area contributed by atoms with Crippen LogP contribution in [0.3, 0.4) is 0 Å². The second-order valence-corrected chi connectivity index (χ2v) is 4.88. The summed E-state index contributed by atoms with van der Waals surface area (Å²) >= 11 is 0. The number of fused-ring (bicyclic) bond motifs is 1. The van der Waals surface area contributed by atoms with Gasteiger partial charge in [0.05, 0.1) is 5.69 Å². The predicted octanol–water partition coefficient (Wildman–Crippen LogP) is 4.09. The number of aromatic nitrogens is 3. The molecule has 0 N–H and O–H groups in total. The largest absolute Gasteiger partial charge is 0.220 e. The van der Waals surface area contributed by atoms with Crippen molar-refractivity contribution in [1.82, 2.24) is 14.8 Å². The Hall–Kier alpha value is -2.94. The van der Waals surface area contributed by atoms with Crippen LogP contribution < -0.4 is 0 Å². The molecule has 0 amide bonds. The third-order valence-electron chi connectivity index (χ3n) is 3.54. The van der Waals surface area contributed by atoms with Crippen LogP contribution in [0.4, 0.5) is 0 Å². The van der Waals surface area contributed by atoms with Crippen molar-refractivity contribution < 1.29 is 0 Å². The second kappa shape index (κ2) is 4.87. The van der Waals surface area contributed by atoms with Gasteiger partial charge in [0.1, 0.15) is 6.33 Å². The molecule has 21 heavy (non-hydrogen) atoms. The molecule has 100 valence electrons. The van der Waals surface area contributed by atoms with Gasteiger partial charge in [0.25, 0.3) is 0 Å². The Bertz CT molecular complexity index is 889. The summed E-state index contributed by atoms with van der Waals surface area (Å²) in [6, 6.07) is 24.5. The third kappa shape index (κ3) is 2.09. The lowest BCUT2D eigenvalue weighted by molar-refractivity contribution is 0.889. The summed E-state index contributed by atoms with van der Waals surface area (Å²) in [5.41, 5.74) is 2.07. The molecule has 0 aliphatic rings. The van der Waals surface area contributed by atoms with Gasteiger partial charge in [-0.3, -0.25) is 0 Å². The van der Waals surface area contributed by atoms with Gasteiger partial charge in [-0.25, -0.2) is 9.67 Å². The molecule has 1 aromatic heterocycles. The van der Waals surface area contributed by atoms with Gasteiger partial charge in [-0.2, -0.15) is 0 Å². The van der Waals surface area contributed by atoms with Crippen molar-refractivity contribution in [3.05, 3.63) is 79.1 Å². The molecule has 0 spiro atoms. The Labute approximate surface area is 122 Å². The lowest BCUT2D eigenvalue weighted by Gasteiger charge is -2.05. The maximum atomic E-state index is 4.61. The van der Waals surface area contributed by atoms with Gasteiger partial charge in [0, 0.05) is 10.9 Å². The minimum Gasteiger partial charge on any atom is -0.220 e. The quantitative estimate of drug-likeness (QED) is 0.550. The van der Waals surface area contributed by atoms with E-state index in [1.54, 1.807) is 6.33 Å². The molecule has 0 atom stereocenters. The molecule has 0 fully saturated rings. The van der Waals surface area contributed by atoms with Crippen molar-refractivity contribution in [3.8, 4) is 17.1 Å². The molecule has 1 heterocycles. The van der Waals surface area contributed by atoms with Gasteiger partial charge in [0.15, 0.2) is 5.82 Å². The van der Waals surface area contributed by atoms with Crippen molar-refractivity contribution in [2.45, 2.75) is 0 Å². The van der Waals surface area contributed by atoms with E-state index >= 15 is 0 Å². The maximum absolute atomic E-state index is 4.61.